The number of H-pyrrole nitrogens is 1. The van der Waals surface area contributed by atoms with Crippen LogP contribution in [0.3, 0.4) is 0 Å². The van der Waals surface area contributed by atoms with E-state index in [1.165, 1.54) is 0 Å². The largest absolute Gasteiger partial charge is 0.348 e. The molecule has 16 heavy (non-hydrogen) atoms. The minimum absolute atomic E-state index is 0.0544. The third kappa shape index (κ3) is 2.33. The Hall–Kier alpha value is -1.13. The monoisotopic (exact) mass is 298 g/mol. The predicted molar refractivity (Wildman–Crippen MR) is 65.8 cm³/mol. The zero-order valence-electron chi connectivity index (χ0n) is 8.21. The van der Waals surface area contributed by atoms with E-state index in [4.69, 9.17) is 11.6 Å². The van der Waals surface area contributed by atoms with Gasteiger partial charge < -0.3 is 4.98 Å². The van der Waals surface area contributed by atoms with Crippen LogP contribution in [-0.4, -0.2) is 15.8 Å². The normalized spacial score (nSPS) is 10.4. The molecule has 1 N–H and O–H groups in total. The quantitative estimate of drug-likeness (QED) is 0.884. The van der Waals surface area contributed by atoms with Crippen molar-refractivity contribution >= 4 is 33.3 Å². The van der Waals surface area contributed by atoms with Crippen LogP contribution >= 0.6 is 27.5 Å². The average molecular weight is 300 g/mol. The van der Waals surface area contributed by atoms with E-state index >= 15 is 0 Å². The lowest BCUT2D eigenvalue weighted by Gasteiger charge is -2.03. The van der Waals surface area contributed by atoms with Crippen LogP contribution in [0.25, 0.3) is 0 Å². The highest BCUT2D eigenvalue weighted by atomic mass is 79.9. The summed E-state index contributed by atoms with van der Waals surface area (Å²) >= 11 is 9.31. The van der Waals surface area contributed by atoms with Gasteiger partial charge in [-0.1, -0.05) is 17.7 Å². The summed E-state index contributed by atoms with van der Waals surface area (Å²) < 4.78 is 0.722. The number of imidazole rings is 1. The highest BCUT2D eigenvalue weighted by Gasteiger charge is 2.13. The number of carbonyl (C=O) groups is 1. The summed E-state index contributed by atoms with van der Waals surface area (Å²) in [6, 6.07) is 5.29. The number of Topliss-reactive ketones (excluding diaryl/α,β-unsaturated/α-hetero) is 1. The van der Waals surface area contributed by atoms with Crippen molar-refractivity contribution in [1.29, 1.82) is 0 Å². The number of aromatic nitrogens is 2. The molecule has 2 rings (SSSR count). The fourth-order valence-corrected chi connectivity index (χ4v) is 1.96. The first-order chi connectivity index (χ1) is 7.68. The Morgan fingerprint density at radius 1 is 1.50 bits per heavy atom. The van der Waals surface area contributed by atoms with Crippen molar-refractivity contribution in [3.05, 3.63) is 51.5 Å². The van der Waals surface area contributed by atoms with Gasteiger partial charge in [-0.3, -0.25) is 4.79 Å². The first-order valence-electron chi connectivity index (χ1n) is 4.64. The van der Waals surface area contributed by atoms with Crippen molar-refractivity contribution in [3.63, 3.8) is 0 Å². The summed E-state index contributed by atoms with van der Waals surface area (Å²) in [6.45, 7) is 0. The van der Waals surface area contributed by atoms with Gasteiger partial charge in [0.05, 0.1) is 11.4 Å². The van der Waals surface area contributed by atoms with E-state index in [9.17, 15) is 4.79 Å². The van der Waals surface area contributed by atoms with E-state index in [1.54, 1.807) is 30.6 Å². The molecule has 0 aliphatic carbocycles. The van der Waals surface area contributed by atoms with E-state index in [0.29, 0.717) is 16.4 Å². The molecule has 0 fully saturated rings. The van der Waals surface area contributed by atoms with Crippen molar-refractivity contribution in [2.45, 2.75) is 6.42 Å². The molecule has 1 heterocycles. The van der Waals surface area contributed by atoms with Gasteiger partial charge in [-0.05, 0) is 28.1 Å². The number of ketones is 1. The SMILES string of the molecule is O=C(Cc1ncc[nH]1)c1cccc(Br)c1Cl. The third-order valence-corrected chi connectivity index (χ3v) is 3.43. The van der Waals surface area contributed by atoms with Crippen molar-refractivity contribution < 1.29 is 4.79 Å². The first kappa shape index (κ1) is 11.4. The number of hydrogen-bond acceptors (Lipinski definition) is 2. The molecule has 0 atom stereocenters. The molecule has 0 aliphatic heterocycles. The molecule has 0 amide bonds. The number of hydrogen-bond donors (Lipinski definition) is 1. The smallest absolute Gasteiger partial charge is 0.171 e. The Morgan fingerprint density at radius 3 is 3.00 bits per heavy atom. The van der Waals surface area contributed by atoms with Crippen LogP contribution in [-0.2, 0) is 6.42 Å². The molecule has 0 unspecified atom stereocenters. The molecule has 82 valence electrons. The number of nitrogens with zero attached hydrogens (tertiary/aromatic N) is 1. The molecule has 0 spiro atoms. The molecule has 1 aromatic carbocycles. The second-order valence-corrected chi connectivity index (χ2v) is 4.47. The van der Waals surface area contributed by atoms with Gasteiger partial charge in [0, 0.05) is 22.4 Å². The van der Waals surface area contributed by atoms with Crippen molar-refractivity contribution in [1.82, 2.24) is 9.97 Å². The van der Waals surface area contributed by atoms with Crippen molar-refractivity contribution in [2.75, 3.05) is 0 Å². The highest BCUT2D eigenvalue weighted by molar-refractivity contribution is 9.10. The molecule has 2 aromatic rings. The maximum absolute atomic E-state index is 11.9. The van der Waals surface area contributed by atoms with E-state index < -0.39 is 0 Å². The van der Waals surface area contributed by atoms with E-state index in [-0.39, 0.29) is 12.2 Å². The van der Waals surface area contributed by atoms with E-state index in [2.05, 4.69) is 25.9 Å². The zero-order chi connectivity index (χ0) is 11.5. The summed E-state index contributed by atoms with van der Waals surface area (Å²) in [6.07, 6.45) is 3.53. The average Bonchev–Trinajstić information content (AvgIpc) is 2.74. The maximum atomic E-state index is 11.9. The van der Waals surface area contributed by atoms with Crippen LogP contribution in [0, 0.1) is 0 Å². The molecule has 5 heteroatoms. The number of carbonyl (C=O) groups excluding carboxylic acids is 1. The third-order valence-electron chi connectivity index (χ3n) is 2.13. The van der Waals surface area contributed by atoms with E-state index in [1.807, 2.05) is 0 Å². The number of halogens is 2. The van der Waals surface area contributed by atoms with Crippen molar-refractivity contribution in [2.24, 2.45) is 0 Å². The predicted octanol–water partition coefficient (Wildman–Crippen LogP) is 3.25. The van der Waals surface area contributed by atoms with Crippen LogP contribution in [0.15, 0.2) is 35.1 Å². The number of benzene rings is 1. The minimum atomic E-state index is -0.0544. The zero-order valence-corrected chi connectivity index (χ0v) is 10.5. The summed E-state index contributed by atoms with van der Waals surface area (Å²) in [5, 5.41) is 0.444. The molecule has 0 bridgehead atoms. The second kappa shape index (κ2) is 4.80. The molecule has 0 saturated carbocycles. The Morgan fingerprint density at radius 2 is 2.31 bits per heavy atom. The Kier molecular flexibility index (Phi) is 3.41. The fraction of sp³-hybridized carbons (Fsp3) is 0.0909. The molecule has 0 aliphatic rings. The molecular weight excluding hydrogens is 291 g/mol. The van der Waals surface area contributed by atoms with Gasteiger partial charge in [0.1, 0.15) is 5.82 Å². The van der Waals surface area contributed by atoms with Crippen LogP contribution in [0.2, 0.25) is 5.02 Å². The summed E-state index contributed by atoms with van der Waals surface area (Å²) in [5.41, 5.74) is 0.507. The fourth-order valence-electron chi connectivity index (χ4n) is 1.36. The van der Waals surface area contributed by atoms with Gasteiger partial charge in [0.25, 0.3) is 0 Å². The Balaban J connectivity index is 2.24. The maximum Gasteiger partial charge on any atom is 0.171 e. The van der Waals surface area contributed by atoms with Crippen LogP contribution in [0.4, 0.5) is 0 Å². The van der Waals surface area contributed by atoms with Gasteiger partial charge in [-0.2, -0.15) is 0 Å². The number of rotatable bonds is 3. The summed E-state index contributed by atoms with van der Waals surface area (Å²) in [7, 11) is 0. The standard InChI is InChI=1S/C11H8BrClN2O/c12-8-3-1-2-7(11(8)13)9(16)6-10-14-4-5-15-10/h1-5H,6H2,(H,14,15). The topological polar surface area (TPSA) is 45.8 Å². The lowest BCUT2D eigenvalue weighted by Crippen LogP contribution is -2.05. The summed E-state index contributed by atoms with van der Waals surface area (Å²) in [4.78, 5) is 18.8. The van der Waals surface area contributed by atoms with Crippen LogP contribution < -0.4 is 0 Å². The lowest BCUT2D eigenvalue weighted by atomic mass is 10.1. The number of aromatic amines is 1. The van der Waals surface area contributed by atoms with Crippen LogP contribution in [0.5, 0.6) is 0 Å². The van der Waals surface area contributed by atoms with Gasteiger partial charge in [0.2, 0.25) is 0 Å². The minimum Gasteiger partial charge on any atom is -0.348 e. The number of nitrogens with one attached hydrogen (secondary N) is 1. The molecule has 1 aromatic heterocycles. The Labute approximate surface area is 106 Å². The molecule has 0 radical (unpaired) electrons. The lowest BCUT2D eigenvalue weighted by molar-refractivity contribution is 0.0991. The van der Waals surface area contributed by atoms with Crippen molar-refractivity contribution in [3.8, 4) is 0 Å². The first-order valence-corrected chi connectivity index (χ1v) is 5.81. The van der Waals surface area contributed by atoms with E-state index in [0.717, 1.165) is 4.47 Å². The van der Waals surface area contributed by atoms with Crippen LogP contribution in [0.1, 0.15) is 16.2 Å². The second-order valence-electron chi connectivity index (χ2n) is 3.24. The molecule has 3 nitrogen and oxygen atoms in total. The molecule has 0 saturated heterocycles. The van der Waals surface area contributed by atoms with Gasteiger partial charge in [-0.25, -0.2) is 4.98 Å². The van der Waals surface area contributed by atoms with Gasteiger partial charge in [-0.15, -0.1) is 0 Å². The summed E-state index contributed by atoms with van der Waals surface area (Å²) in [5.74, 6) is 0.585. The molecular formula is C11H8BrClN2O. The highest BCUT2D eigenvalue weighted by Crippen LogP contribution is 2.26. The van der Waals surface area contributed by atoms with Gasteiger partial charge >= 0.3 is 0 Å². The van der Waals surface area contributed by atoms with Gasteiger partial charge in [0.15, 0.2) is 5.78 Å². The Bertz CT molecular complexity index is 511.